The molecule has 0 N–H and O–H groups in total. The Kier molecular flexibility index (Phi) is 1.31. The fraction of sp³-hybridized carbons (Fsp3) is 0.500. The molecule has 1 saturated heterocycles. The summed E-state index contributed by atoms with van der Waals surface area (Å²) in [6, 6.07) is 0. The highest BCUT2D eigenvalue weighted by molar-refractivity contribution is 5.98. The van der Waals surface area contributed by atoms with Gasteiger partial charge >= 0.3 is 11.9 Å². The molecule has 1 saturated carbocycles. The van der Waals surface area contributed by atoms with Gasteiger partial charge < -0.3 is 9.53 Å². The van der Waals surface area contributed by atoms with E-state index in [1.807, 2.05) is 12.2 Å². The van der Waals surface area contributed by atoms with E-state index in [0.717, 1.165) is 6.29 Å². The third kappa shape index (κ3) is 0.682. The van der Waals surface area contributed by atoms with Crippen molar-refractivity contribution < 1.29 is 19.1 Å². The Bertz CT molecular complexity index is 340. The van der Waals surface area contributed by atoms with Crippen LogP contribution in [0.1, 0.15) is 0 Å². The second-order valence-corrected chi connectivity index (χ2v) is 4.04. The van der Waals surface area contributed by atoms with Crippen molar-refractivity contribution in [1.29, 1.82) is 0 Å². The fourth-order valence-corrected chi connectivity index (χ4v) is 2.99. The average Bonchev–Trinajstić information content (AvgIpc) is 2.77. The Morgan fingerprint density at radius 2 is 1.57 bits per heavy atom. The number of fused-ring (bicyclic) bond motifs is 5. The monoisotopic (exact) mass is 192 g/mol. The van der Waals surface area contributed by atoms with E-state index in [-0.39, 0.29) is 17.8 Å². The summed E-state index contributed by atoms with van der Waals surface area (Å²) in [5, 5.41) is 0. The van der Waals surface area contributed by atoms with Crippen molar-refractivity contribution in [2.75, 3.05) is 0 Å². The molecule has 0 aromatic rings. The summed E-state index contributed by atoms with van der Waals surface area (Å²) in [7, 11) is 0. The molecular weight excluding hydrogens is 184 g/mol. The van der Waals surface area contributed by atoms with Gasteiger partial charge in [-0.2, -0.15) is 0 Å². The molecule has 1 aliphatic heterocycles. The van der Waals surface area contributed by atoms with Crippen molar-refractivity contribution in [3.63, 3.8) is 0 Å². The van der Waals surface area contributed by atoms with Gasteiger partial charge in [0, 0.05) is 17.8 Å². The molecule has 2 bridgehead atoms. The molecule has 0 aromatic heterocycles. The van der Waals surface area contributed by atoms with Crippen molar-refractivity contribution in [3.8, 4) is 0 Å². The highest BCUT2D eigenvalue weighted by atomic mass is 16.6. The Morgan fingerprint density at radius 3 is 2.00 bits per heavy atom. The SMILES string of the molecule is O=CC1[C@@H]2C=C[C@H]1C1C(=O)OC(=O)C12. The van der Waals surface area contributed by atoms with Crippen LogP contribution >= 0.6 is 0 Å². The van der Waals surface area contributed by atoms with Gasteiger partial charge in [-0.25, -0.2) is 0 Å². The van der Waals surface area contributed by atoms with Crippen LogP contribution < -0.4 is 0 Å². The molecule has 3 aliphatic rings. The van der Waals surface area contributed by atoms with E-state index in [1.165, 1.54) is 0 Å². The zero-order valence-corrected chi connectivity index (χ0v) is 7.25. The third-order valence-corrected chi connectivity index (χ3v) is 3.56. The van der Waals surface area contributed by atoms with Crippen molar-refractivity contribution in [2.24, 2.45) is 29.6 Å². The van der Waals surface area contributed by atoms with E-state index in [9.17, 15) is 14.4 Å². The number of allylic oxidation sites excluding steroid dienone is 2. The number of carbonyl (C=O) groups excluding carboxylic acids is 3. The summed E-state index contributed by atoms with van der Waals surface area (Å²) in [5.74, 6) is -2.11. The number of hydrogen-bond donors (Lipinski definition) is 0. The highest BCUT2D eigenvalue weighted by Crippen LogP contribution is 2.54. The first-order chi connectivity index (χ1) is 6.74. The number of rotatable bonds is 1. The minimum atomic E-state index is -0.455. The molecular formula is C10H8O4. The lowest BCUT2D eigenvalue weighted by Gasteiger charge is -2.12. The van der Waals surface area contributed by atoms with Gasteiger partial charge in [0.05, 0.1) is 11.8 Å². The van der Waals surface area contributed by atoms with Gasteiger partial charge in [-0.05, 0) is 0 Å². The summed E-state index contributed by atoms with van der Waals surface area (Å²) in [4.78, 5) is 33.5. The van der Waals surface area contributed by atoms with Crippen molar-refractivity contribution in [3.05, 3.63) is 12.2 Å². The number of hydrogen-bond acceptors (Lipinski definition) is 4. The zero-order chi connectivity index (χ0) is 9.87. The molecule has 2 aliphatic carbocycles. The van der Waals surface area contributed by atoms with Crippen molar-refractivity contribution in [1.82, 2.24) is 0 Å². The lowest BCUT2D eigenvalue weighted by atomic mass is 9.85. The van der Waals surface area contributed by atoms with Crippen molar-refractivity contribution >= 4 is 18.2 Å². The normalized spacial score (nSPS) is 48.1. The number of cyclic esters (lactones) is 2. The van der Waals surface area contributed by atoms with Crippen LogP contribution in [-0.4, -0.2) is 18.2 Å². The van der Waals surface area contributed by atoms with Crippen molar-refractivity contribution in [2.45, 2.75) is 0 Å². The van der Waals surface area contributed by atoms with Crippen LogP contribution in [0.3, 0.4) is 0 Å². The number of ether oxygens (including phenoxy) is 1. The van der Waals surface area contributed by atoms with E-state index < -0.39 is 23.8 Å². The molecule has 3 rings (SSSR count). The molecule has 5 atom stereocenters. The van der Waals surface area contributed by atoms with Crippen LogP contribution in [0.4, 0.5) is 0 Å². The molecule has 3 unspecified atom stereocenters. The summed E-state index contributed by atoms with van der Waals surface area (Å²) in [5.41, 5.74) is 0. The molecule has 14 heavy (non-hydrogen) atoms. The number of aldehydes is 1. The molecule has 4 heteroatoms. The largest absolute Gasteiger partial charge is 0.393 e. The van der Waals surface area contributed by atoms with Crippen LogP contribution in [0.5, 0.6) is 0 Å². The minimum Gasteiger partial charge on any atom is -0.393 e. The van der Waals surface area contributed by atoms with E-state index >= 15 is 0 Å². The maximum absolute atomic E-state index is 11.3. The first-order valence-electron chi connectivity index (χ1n) is 4.63. The zero-order valence-electron chi connectivity index (χ0n) is 7.25. The lowest BCUT2D eigenvalue weighted by molar-refractivity contribution is -0.155. The Balaban J connectivity index is 2.07. The molecule has 0 amide bonds. The maximum Gasteiger partial charge on any atom is 0.318 e. The van der Waals surface area contributed by atoms with E-state index in [1.54, 1.807) is 0 Å². The lowest BCUT2D eigenvalue weighted by Crippen LogP contribution is -2.21. The quantitative estimate of drug-likeness (QED) is 0.252. The predicted molar refractivity (Wildman–Crippen MR) is 43.8 cm³/mol. The van der Waals surface area contributed by atoms with Gasteiger partial charge in [-0.3, -0.25) is 9.59 Å². The topological polar surface area (TPSA) is 60.4 Å². The van der Waals surface area contributed by atoms with E-state index in [4.69, 9.17) is 0 Å². The van der Waals surface area contributed by atoms with Gasteiger partial charge in [0.15, 0.2) is 0 Å². The van der Waals surface area contributed by atoms with Gasteiger partial charge in [0.25, 0.3) is 0 Å². The minimum absolute atomic E-state index is 0.110. The van der Waals surface area contributed by atoms with Gasteiger partial charge in [-0.1, -0.05) is 12.2 Å². The number of carbonyl (C=O) groups is 3. The van der Waals surface area contributed by atoms with Crippen LogP contribution in [-0.2, 0) is 19.1 Å². The summed E-state index contributed by atoms with van der Waals surface area (Å²) in [6.45, 7) is 0. The maximum atomic E-state index is 11.3. The first kappa shape index (κ1) is 7.91. The summed E-state index contributed by atoms with van der Waals surface area (Å²) in [6.07, 6.45) is 4.59. The van der Waals surface area contributed by atoms with E-state index in [0.29, 0.717) is 0 Å². The molecule has 0 aromatic carbocycles. The molecule has 0 radical (unpaired) electrons. The first-order valence-corrected chi connectivity index (χ1v) is 4.63. The van der Waals surface area contributed by atoms with Crippen LogP contribution in [0.25, 0.3) is 0 Å². The Labute approximate surface area is 79.9 Å². The second-order valence-electron chi connectivity index (χ2n) is 4.04. The molecule has 72 valence electrons. The van der Waals surface area contributed by atoms with Crippen LogP contribution in [0.2, 0.25) is 0 Å². The standard InChI is InChI=1S/C10H8O4/c11-3-6-4-1-2-5(6)8-7(4)9(12)14-10(8)13/h1-8H/t4-,5+,6?,7?,8?. The number of esters is 2. The molecule has 0 spiro atoms. The molecule has 4 nitrogen and oxygen atoms in total. The smallest absolute Gasteiger partial charge is 0.318 e. The van der Waals surface area contributed by atoms with Gasteiger partial charge in [0.1, 0.15) is 6.29 Å². The fourth-order valence-electron chi connectivity index (χ4n) is 2.99. The third-order valence-electron chi connectivity index (χ3n) is 3.56. The van der Waals surface area contributed by atoms with Gasteiger partial charge in [0.2, 0.25) is 0 Å². The molecule has 1 heterocycles. The average molecular weight is 192 g/mol. The van der Waals surface area contributed by atoms with Crippen LogP contribution in [0.15, 0.2) is 12.2 Å². The highest BCUT2D eigenvalue weighted by Gasteiger charge is 2.62. The van der Waals surface area contributed by atoms with Gasteiger partial charge in [-0.15, -0.1) is 0 Å². The Morgan fingerprint density at radius 1 is 1.07 bits per heavy atom. The predicted octanol–water partition coefficient (Wildman–Crippen LogP) is -0.0669. The summed E-state index contributed by atoms with van der Waals surface area (Å²) < 4.78 is 4.57. The second kappa shape index (κ2) is 2.32. The molecule has 2 fully saturated rings. The summed E-state index contributed by atoms with van der Waals surface area (Å²) >= 11 is 0. The van der Waals surface area contributed by atoms with Crippen LogP contribution in [0, 0.1) is 29.6 Å². The van der Waals surface area contributed by atoms with E-state index in [2.05, 4.69) is 4.74 Å². The Hall–Kier alpha value is -1.45.